The molecule has 1 saturated heterocycles. The van der Waals surface area contributed by atoms with E-state index in [4.69, 9.17) is 0 Å². The van der Waals surface area contributed by atoms with Crippen LogP contribution in [0, 0.1) is 5.41 Å². The van der Waals surface area contributed by atoms with E-state index in [2.05, 4.69) is 11.1 Å². The molecule has 98 valence electrons. The van der Waals surface area contributed by atoms with Gasteiger partial charge in [0.15, 0.2) is 0 Å². The number of hydrogen-bond acceptors (Lipinski definition) is 2. The van der Waals surface area contributed by atoms with Gasteiger partial charge in [-0.25, -0.2) is 0 Å². The molecule has 0 aromatic carbocycles. The van der Waals surface area contributed by atoms with E-state index in [-0.39, 0.29) is 17.4 Å². The van der Waals surface area contributed by atoms with Crippen molar-refractivity contribution >= 4 is 5.91 Å². The number of amides is 1. The third-order valence-corrected chi connectivity index (χ3v) is 3.47. The van der Waals surface area contributed by atoms with Crippen LogP contribution < -0.4 is 0 Å². The fourth-order valence-corrected chi connectivity index (χ4v) is 2.53. The van der Waals surface area contributed by atoms with Crippen LogP contribution in [-0.2, 0) is 4.79 Å². The summed E-state index contributed by atoms with van der Waals surface area (Å²) in [6, 6.07) is 4.23. The smallest absolute Gasteiger partial charge is 0.228 e. The summed E-state index contributed by atoms with van der Waals surface area (Å²) in [6.45, 7) is 6.84. The Morgan fingerprint density at radius 1 is 1.39 bits per heavy atom. The molecule has 0 N–H and O–H groups in total. The Balaban J connectivity index is 2.24. The van der Waals surface area contributed by atoms with Crippen molar-refractivity contribution in [1.82, 2.24) is 9.88 Å². The highest BCUT2D eigenvalue weighted by Crippen LogP contribution is 2.33. The lowest BCUT2D eigenvalue weighted by molar-refractivity contribution is -0.143. The SMILES string of the molecule is CC(C)(C)C(=O)N1CCCCC1c1cccnc1. The number of pyridine rings is 1. The Morgan fingerprint density at radius 2 is 2.17 bits per heavy atom. The molecule has 1 unspecified atom stereocenters. The zero-order valence-electron chi connectivity index (χ0n) is 11.5. The van der Waals surface area contributed by atoms with Gasteiger partial charge in [0, 0.05) is 24.4 Å². The molecule has 0 saturated carbocycles. The molecule has 1 atom stereocenters. The number of hydrogen-bond donors (Lipinski definition) is 0. The fourth-order valence-electron chi connectivity index (χ4n) is 2.53. The second kappa shape index (κ2) is 5.09. The number of piperidine rings is 1. The largest absolute Gasteiger partial charge is 0.335 e. The highest BCUT2D eigenvalue weighted by molar-refractivity contribution is 5.82. The van der Waals surface area contributed by atoms with Gasteiger partial charge in [-0.05, 0) is 30.9 Å². The topological polar surface area (TPSA) is 33.2 Å². The number of carbonyl (C=O) groups excluding carboxylic acids is 1. The molecule has 0 bridgehead atoms. The van der Waals surface area contributed by atoms with Crippen molar-refractivity contribution in [3.63, 3.8) is 0 Å². The van der Waals surface area contributed by atoms with E-state index in [0.29, 0.717) is 0 Å². The number of nitrogens with zero attached hydrogens (tertiary/aromatic N) is 2. The van der Waals surface area contributed by atoms with Crippen molar-refractivity contribution in [3.05, 3.63) is 30.1 Å². The Kier molecular flexibility index (Phi) is 3.69. The van der Waals surface area contributed by atoms with E-state index in [1.807, 2.05) is 37.9 Å². The van der Waals surface area contributed by atoms with Gasteiger partial charge in [0.2, 0.25) is 5.91 Å². The quantitative estimate of drug-likeness (QED) is 0.762. The Bertz CT molecular complexity index is 408. The lowest BCUT2D eigenvalue weighted by Gasteiger charge is -2.39. The molecule has 2 heterocycles. The van der Waals surface area contributed by atoms with E-state index in [0.717, 1.165) is 24.9 Å². The summed E-state index contributed by atoms with van der Waals surface area (Å²) >= 11 is 0. The van der Waals surface area contributed by atoms with Gasteiger partial charge >= 0.3 is 0 Å². The van der Waals surface area contributed by atoms with Crippen molar-refractivity contribution in [2.45, 2.75) is 46.1 Å². The average molecular weight is 246 g/mol. The van der Waals surface area contributed by atoms with E-state index >= 15 is 0 Å². The first kappa shape index (κ1) is 13.1. The van der Waals surface area contributed by atoms with Crippen LogP contribution in [0.1, 0.15) is 51.6 Å². The predicted octanol–water partition coefficient (Wildman–Crippen LogP) is 3.18. The molecule has 1 aromatic rings. The van der Waals surface area contributed by atoms with Gasteiger partial charge in [-0.3, -0.25) is 9.78 Å². The van der Waals surface area contributed by atoms with E-state index in [1.54, 1.807) is 6.20 Å². The zero-order chi connectivity index (χ0) is 13.2. The highest BCUT2D eigenvalue weighted by Gasteiger charge is 2.34. The third-order valence-electron chi connectivity index (χ3n) is 3.47. The maximum atomic E-state index is 12.5. The van der Waals surface area contributed by atoms with Crippen LogP contribution in [0.3, 0.4) is 0 Å². The Morgan fingerprint density at radius 3 is 2.78 bits per heavy atom. The fraction of sp³-hybridized carbons (Fsp3) is 0.600. The second-order valence-electron chi connectivity index (χ2n) is 6.05. The minimum absolute atomic E-state index is 0.208. The Labute approximate surface area is 109 Å². The first-order valence-corrected chi connectivity index (χ1v) is 6.71. The molecule has 18 heavy (non-hydrogen) atoms. The number of rotatable bonds is 1. The minimum atomic E-state index is -0.308. The molecule has 3 heteroatoms. The van der Waals surface area contributed by atoms with E-state index in [1.165, 1.54) is 6.42 Å². The van der Waals surface area contributed by atoms with Crippen molar-refractivity contribution in [2.75, 3.05) is 6.54 Å². The molecule has 1 amide bonds. The zero-order valence-corrected chi connectivity index (χ0v) is 11.5. The average Bonchev–Trinajstić information content (AvgIpc) is 2.38. The summed E-state index contributed by atoms with van der Waals surface area (Å²) in [6.07, 6.45) is 7.01. The van der Waals surface area contributed by atoms with Gasteiger partial charge in [0.1, 0.15) is 0 Å². The van der Waals surface area contributed by atoms with Crippen molar-refractivity contribution in [1.29, 1.82) is 0 Å². The summed E-state index contributed by atoms with van der Waals surface area (Å²) < 4.78 is 0. The van der Waals surface area contributed by atoms with Crippen molar-refractivity contribution in [2.24, 2.45) is 5.41 Å². The summed E-state index contributed by atoms with van der Waals surface area (Å²) in [7, 11) is 0. The van der Waals surface area contributed by atoms with E-state index in [9.17, 15) is 4.79 Å². The maximum Gasteiger partial charge on any atom is 0.228 e. The highest BCUT2D eigenvalue weighted by atomic mass is 16.2. The molecular formula is C15H22N2O. The van der Waals surface area contributed by atoms with Gasteiger partial charge in [-0.15, -0.1) is 0 Å². The standard InChI is InChI=1S/C15H22N2O/c1-15(2,3)14(18)17-10-5-4-8-13(17)12-7-6-9-16-11-12/h6-7,9,11,13H,4-5,8,10H2,1-3H3. The van der Waals surface area contributed by atoms with Crippen molar-refractivity contribution < 1.29 is 4.79 Å². The number of likely N-dealkylation sites (tertiary alicyclic amines) is 1. The third kappa shape index (κ3) is 2.71. The number of carbonyl (C=O) groups is 1. The summed E-state index contributed by atoms with van der Waals surface area (Å²) in [4.78, 5) is 18.7. The molecule has 1 aliphatic rings. The van der Waals surface area contributed by atoms with Crippen LogP contribution in [-0.4, -0.2) is 22.3 Å². The summed E-state index contributed by atoms with van der Waals surface area (Å²) in [5, 5.41) is 0. The second-order valence-corrected chi connectivity index (χ2v) is 6.05. The first-order chi connectivity index (χ1) is 8.50. The molecule has 0 aliphatic carbocycles. The van der Waals surface area contributed by atoms with Gasteiger partial charge in [0.25, 0.3) is 0 Å². The van der Waals surface area contributed by atoms with Crippen LogP contribution in [0.2, 0.25) is 0 Å². The van der Waals surface area contributed by atoms with Gasteiger partial charge in [-0.1, -0.05) is 26.8 Å². The van der Waals surface area contributed by atoms with Crippen LogP contribution in [0.15, 0.2) is 24.5 Å². The van der Waals surface area contributed by atoms with E-state index < -0.39 is 0 Å². The monoisotopic (exact) mass is 246 g/mol. The molecule has 2 rings (SSSR count). The number of aromatic nitrogens is 1. The summed E-state index contributed by atoms with van der Waals surface area (Å²) in [5.41, 5.74) is 0.854. The van der Waals surface area contributed by atoms with Gasteiger partial charge < -0.3 is 4.90 Å². The Hall–Kier alpha value is -1.38. The molecular weight excluding hydrogens is 224 g/mol. The van der Waals surface area contributed by atoms with Crippen LogP contribution in [0.25, 0.3) is 0 Å². The van der Waals surface area contributed by atoms with Crippen LogP contribution in [0.4, 0.5) is 0 Å². The molecule has 3 nitrogen and oxygen atoms in total. The van der Waals surface area contributed by atoms with Crippen molar-refractivity contribution in [3.8, 4) is 0 Å². The summed E-state index contributed by atoms with van der Waals surface area (Å²) in [5.74, 6) is 0.246. The van der Waals surface area contributed by atoms with Gasteiger partial charge in [0.05, 0.1) is 6.04 Å². The van der Waals surface area contributed by atoms with Gasteiger partial charge in [-0.2, -0.15) is 0 Å². The molecule has 1 aliphatic heterocycles. The first-order valence-electron chi connectivity index (χ1n) is 6.71. The lowest BCUT2D eigenvalue weighted by atomic mass is 9.89. The molecule has 0 radical (unpaired) electrons. The minimum Gasteiger partial charge on any atom is -0.335 e. The maximum absolute atomic E-state index is 12.5. The van der Waals surface area contributed by atoms with Crippen LogP contribution >= 0.6 is 0 Å². The predicted molar refractivity (Wildman–Crippen MR) is 72.0 cm³/mol. The normalized spacial score (nSPS) is 20.8. The molecule has 0 spiro atoms. The molecule has 1 aromatic heterocycles. The van der Waals surface area contributed by atoms with Crippen LogP contribution in [0.5, 0.6) is 0 Å². The molecule has 1 fully saturated rings. The lowest BCUT2D eigenvalue weighted by Crippen LogP contribution is -2.44.